The van der Waals surface area contributed by atoms with Crippen LogP contribution in [0.1, 0.15) is 6.42 Å². The van der Waals surface area contributed by atoms with Crippen molar-refractivity contribution in [2.24, 2.45) is 0 Å². The van der Waals surface area contributed by atoms with E-state index in [1.807, 2.05) is 0 Å². The summed E-state index contributed by atoms with van der Waals surface area (Å²) in [6, 6.07) is -1.21. The molecule has 0 aliphatic heterocycles. The monoisotopic (exact) mass is 171 g/mol. The number of carboxylic acid groups (broad SMARTS) is 2. The Morgan fingerprint density at radius 2 is 1.80 bits per heavy atom. The van der Waals surface area contributed by atoms with Gasteiger partial charge in [0.1, 0.15) is 6.04 Å². The van der Waals surface area contributed by atoms with Gasteiger partial charge < -0.3 is 25.5 Å². The molecule has 0 heterocycles. The first kappa shape index (κ1) is 13.1. The minimum atomic E-state index is -1.47. The fraction of sp³-hybridized carbons (Fsp3) is 0.500. The molecule has 0 rings (SSSR count). The molecule has 0 radical (unpaired) electrons. The molecular formula is C4H6KNO4. The van der Waals surface area contributed by atoms with Gasteiger partial charge in [-0.2, -0.15) is 0 Å². The second kappa shape index (κ2) is 6.26. The number of quaternary nitrogens is 1. The van der Waals surface area contributed by atoms with E-state index >= 15 is 0 Å². The van der Waals surface area contributed by atoms with Crippen LogP contribution >= 0.6 is 0 Å². The van der Waals surface area contributed by atoms with Gasteiger partial charge in [0.25, 0.3) is 0 Å². The van der Waals surface area contributed by atoms with Crippen LogP contribution < -0.4 is 67.3 Å². The first-order valence-electron chi connectivity index (χ1n) is 2.28. The molecule has 52 valence electrons. The number of aliphatic carboxylic acids is 2. The predicted octanol–water partition coefficient (Wildman–Crippen LogP) is -7.51. The molecule has 0 aromatic heterocycles. The zero-order chi connectivity index (χ0) is 7.44. The fourth-order valence-corrected chi connectivity index (χ4v) is 0.285. The molecule has 0 bridgehead atoms. The summed E-state index contributed by atoms with van der Waals surface area (Å²) in [5, 5.41) is 19.4. The number of rotatable bonds is 3. The smallest absolute Gasteiger partial charge is 0.550 e. The van der Waals surface area contributed by atoms with Gasteiger partial charge in [0.15, 0.2) is 0 Å². The molecule has 5 nitrogen and oxygen atoms in total. The molecule has 0 saturated carbocycles. The maximum atomic E-state index is 9.77. The van der Waals surface area contributed by atoms with Crippen LogP contribution in [0.5, 0.6) is 0 Å². The Morgan fingerprint density at radius 1 is 1.40 bits per heavy atom. The SMILES string of the molecule is [K+].[NH3+][C@@H](CC(=O)[O-])C(=O)[O-]. The third-order valence-electron chi connectivity index (χ3n) is 0.746. The number of carbonyl (C=O) groups excluding carboxylic acids is 2. The largest absolute Gasteiger partial charge is 1.00 e. The Labute approximate surface area is 100 Å². The third-order valence-corrected chi connectivity index (χ3v) is 0.746. The number of carbonyl (C=O) groups is 2. The molecule has 6 heteroatoms. The van der Waals surface area contributed by atoms with Crippen LogP contribution in [0.15, 0.2) is 0 Å². The zero-order valence-corrected chi connectivity index (χ0v) is 8.75. The third kappa shape index (κ3) is 6.65. The van der Waals surface area contributed by atoms with E-state index in [-0.39, 0.29) is 51.4 Å². The molecule has 0 spiro atoms. The molecule has 0 amide bonds. The van der Waals surface area contributed by atoms with Crippen LogP contribution in [0, 0.1) is 0 Å². The summed E-state index contributed by atoms with van der Waals surface area (Å²) in [6.07, 6.45) is -0.595. The molecule has 0 aliphatic rings. The number of carboxylic acids is 2. The van der Waals surface area contributed by atoms with Crippen LogP contribution in [-0.2, 0) is 9.59 Å². The number of hydrogen-bond acceptors (Lipinski definition) is 4. The van der Waals surface area contributed by atoms with Crippen molar-refractivity contribution in [3.63, 3.8) is 0 Å². The van der Waals surface area contributed by atoms with Crippen LogP contribution in [0.3, 0.4) is 0 Å². The Bertz CT molecular complexity index is 137. The maximum Gasteiger partial charge on any atom is 1.00 e. The van der Waals surface area contributed by atoms with Gasteiger partial charge in [-0.3, -0.25) is 0 Å². The Hall–Kier alpha value is 0.536. The molecule has 0 aromatic carbocycles. The fourth-order valence-electron chi connectivity index (χ4n) is 0.285. The van der Waals surface area contributed by atoms with E-state index in [0.29, 0.717) is 0 Å². The van der Waals surface area contributed by atoms with Gasteiger partial charge in [0.05, 0.1) is 5.97 Å². The summed E-state index contributed by atoms with van der Waals surface area (Å²) in [7, 11) is 0. The summed E-state index contributed by atoms with van der Waals surface area (Å²) in [5.74, 6) is -2.90. The van der Waals surface area contributed by atoms with Gasteiger partial charge in [-0.15, -0.1) is 0 Å². The second-order valence-electron chi connectivity index (χ2n) is 1.59. The maximum absolute atomic E-state index is 9.77. The van der Waals surface area contributed by atoms with E-state index in [9.17, 15) is 19.8 Å². The van der Waals surface area contributed by atoms with Crippen LogP contribution in [0.2, 0.25) is 0 Å². The van der Waals surface area contributed by atoms with E-state index in [0.717, 1.165) is 0 Å². The molecule has 3 N–H and O–H groups in total. The summed E-state index contributed by atoms with van der Waals surface area (Å²) < 4.78 is 0. The summed E-state index contributed by atoms with van der Waals surface area (Å²) in [4.78, 5) is 19.4. The topological polar surface area (TPSA) is 108 Å². The molecule has 0 unspecified atom stereocenters. The van der Waals surface area contributed by atoms with E-state index in [4.69, 9.17) is 0 Å². The van der Waals surface area contributed by atoms with Gasteiger partial charge >= 0.3 is 51.4 Å². The van der Waals surface area contributed by atoms with Crippen molar-refractivity contribution >= 4 is 11.9 Å². The van der Waals surface area contributed by atoms with Crippen LogP contribution in [0.4, 0.5) is 0 Å². The zero-order valence-electron chi connectivity index (χ0n) is 5.62. The van der Waals surface area contributed by atoms with Crippen LogP contribution in [0.25, 0.3) is 0 Å². The van der Waals surface area contributed by atoms with Crippen molar-refractivity contribution in [3.8, 4) is 0 Å². The normalized spacial score (nSPS) is 11.3. The quantitative estimate of drug-likeness (QED) is 0.425. The summed E-state index contributed by atoms with van der Waals surface area (Å²) in [6.45, 7) is 0. The van der Waals surface area contributed by atoms with Gasteiger partial charge in [-0.1, -0.05) is 0 Å². The Balaban J connectivity index is 0. The van der Waals surface area contributed by atoms with Gasteiger partial charge in [-0.05, 0) is 0 Å². The Kier molecular flexibility index (Phi) is 8.23. The van der Waals surface area contributed by atoms with Crippen LogP contribution in [-0.4, -0.2) is 18.0 Å². The van der Waals surface area contributed by atoms with Gasteiger partial charge in [-0.25, -0.2) is 0 Å². The van der Waals surface area contributed by atoms with E-state index in [2.05, 4.69) is 5.73 Å². The average Bonchev–Trinajstić information content (AvgIpc) is 1.63. The Morgan fingerprint density at radius 3 is 1.90 bits per heavy atom. The van der Waals surface area contributed by atoms with Crippen molar-refractivity contribution in [2.75, 3.05) is 0 Å². The molecule has 0 aromatic rings. The van der Waals surface area contributed by atoms with E-state index in [1.165, 1.54) is 0 Å². The van der Waals surface area contributed by atoms with Gasteiger partial charge in [0.2, 0.25) is 0 Å². The molecule has 0 saturated heterocycles. The van der Waals surface area contributed by atoms with Crippen molar-refractivity contribution in [2.45, 2.75) is 12.5 Å². The number of hydrogen-bond donors (Lipinski definition) is 1. The first-order valence-corrected chi connectivity index (χ1v) is 2.28. The predicted molar refractivity (Wildman–Crippen MR) is 21.3 cm³/mol. The standard InChI is InChI=1S/C4H7NO4.K/c5-2(4(8)9)1-3(6)7;/h2H,1,5H2,(H,6,7)(H,8,9);/q;+1/p-1/t2-;/m0./s1. The average molecular weight is 171 g/mol. The molecule has 1 atom stereocenters. The van der Waals surface area contributed by atoms with Crippen molar-refractivity contribution < 1.29 is 76.9 Å². The van der Waals surface area contributed by atoms with Crippen molar-refractivity contribution in [1.29, 1.82) is 0 Å². The second-order valence-corrected chi connectivity index (χ2v) is 1.59. The molecule has 0 fully saturated rings. The summed E-state index contributed by atoms with van der Waals surface area (Å²) >= 11 is 0. The van der Waals surface area contributed by atoms with E-state index < -0.39 is 24.4 Å². The molecule has 0 aliphatic carbocycles. The molecular weight excluding hydrogens is 165 g/mol. The molecule has 10 heavy (non-hydrogen) atoms. The van der Waals surface area contributed by atoms with Crippen molar-refractivity contribution in [1.82, 2.24) is 0 Å². The summed E-state index contributed by atoms with van der Waals surface area (Å²) in [5.41, 5.74) is 2.99. The van der Waals surface area contributed by atoms with Crippen molar-refractivity contribution in [3.05, 3.63) is 0 Å². The van der Waals surface area contributed by atoms with Gasteiger partial charge in [0, 0.05) is 12.4 Å². The first-order chi connectivity index (χ1) is 4.04. The minimum absolute atomic E-state index is 0. The van der Waals surface area contributed by atoms with E-state index in [1.54, 1.807) is 0 Å². The minimum Gasteiger partial charge on any atom is -0.550 e.